The van der Waals surface area contributed by atoms with Gasteiger partial charge in [-0.05, 0) is 49.1 Å². The fourth-order valence-corrected chi connectivity index (χ4v) is 3.63. The standard InChI is InChI=1S/C21H27NO2S/c1-5-20(19-11-6-15(2)12-16(19)3)22-21(23)14-25-13-17-7-9-18(24-4)10-8-17/h6-12,20H,5,13-14H2,1-4H3,(H,22,23)/t20-/m0/s1. The Hall–Kier alpha value is -1.94. The number of nitrogens with one attached hydrogen (secondary N) is 1. The Labute approximate surface area is 155 Å². The van der Waals surface area contributed by atoms with Gasteiger partial charge in [0, 0.05) is 5.75 Å². The maximum Gasteiger partial charge on any atom is 0.230 e. The third kappa shape index (κ3) is 5.82. The quantitative estimate of drug-likeness (QED) is 0.736. The Bertz CT molecular complexity index is 698. The molecule has 0 aliphatic rings. The van der Waals surface area contributed by atoms with Crippen molar-refractivity contribution in [2.24, 2.45) is 0 Å². The molecule has 0 aliphatic heterocycles. The van der Waals surface area contributed by atoms with Crippen molar-refractivity contribution in [2.75, 3.05) is 12.9 Å². The van der Waals surface area contributed by atoms with E-state index >= 15 is 0 Å². The van der Waals surface area contributed by atoms with Crippen molar-refractivity contribution in [2.45, 2.75) is 39.0 Å². The van der Waals surface area contributed by atoms with Crippen molar-refractivity contribution in [3.05, 3.63) is 64.7 Å². The molecule has 0 aromatic heterocycles. The predicted molar refractivity (Wildman–Crippen MR) is 106 cm³/mol. The summed E-state index contributed by atoms with van der Waals surface area (Å²) in [6.45, 7) is 6.30. The summed E-state index contributed by atoms with van der Waals surface area (Å²) in [4.78, 5) is 12.3. The monoisotopic (exact) mass is 357 g/mol. The maximum atomic E-state index is 12.3. The number of methoxy groups -OCH3 is 1. The molecule has 25 heavy (non-hydrogen) atoms. The van der Waals surface area contributed by atoms with Gasteiger partial charge in [0.15, 0.2) is 0 Å². The minimum atomic E-state index is 0.0784. The number of amides is 1. The zero-order valence-corrected chi connectivity index (χ0v) is 16.3. The maximum absolute atomic E-state index is 12.3. The van der Waals surface area contributed by atoms with E-state index in [1.807, 2.05) is 24.3 Å². The molecule has 0 saturated heterocycles. The lowest BCUT2D eigenvalue weighted by atomic mass is 9.97. The first kappa shape index (κ1) is 19.4. The highest BCUT2D eigenvalue weighted by molar-refractivity contribution is 7.99. The van der Waals surface area contributed by atoms with Crippen LogP contribution < -0.4 is 10.1 Å². The number of ether oxygens (including phenoxy) is 1. The van der Waals surface area contributed by atoms with Crippen LogP contribution in [0.15, 0.2) is 42.5 Å². The lowest BCUT2D eigenvalue weighted by Crippen LogP contribution is -2.30. The van der Waals surface area contributed by atoms with Gasteiger partial charge in [-0.3, -0.25) is 4.79 Å². The average molecular weight is 358 g/mol. The molecule has 0 unspecified atom stereocenters. The summed E-state index contributed by atoms with van der Waals surface area (Å²) in [6.07, 6.45) is 0.888. The highest BCUT2D eigenvalue weighted by Gasteiger charge is 2.14. The molecule has 0 heterocycles. The Morgan fingerprint density at radius 2 is 1.88 bits per heavy atom. The molecule has 134 valence electrons. The number of carbonyl (C=O) groups is 1. The lowest BCUT2D eigenvalue weighted by molar-refractivity contribution is -0.119. The second-order valence-corrected chi connectivity index (χ2v) is 7.21. The Morgan fingerprint density at radius 3 is 2.48 bits per heavy atom. The number of hydrogen-bond donors (Lipinski definition) is 1. The number of rotatable bonds is 8. The molecule has 3 nitrogen and oxygen atoms in total. The van der Waals surface area contributed by atoms with Gasteiger partial charge in [0.25, 0.3) is 0 Å². The molecule has 0 bridgehead atoms. The van der Waals surface area contributed by atoms with E-state index < -0.39 is 0 Å². The molecule has 0 fully saturated rings. The van der Waals surface area contributed by atoms with Crippen LogP contribution in [0, 0.1) is 13.8 Å². The highest BCUT2D eigenvalue weighted by atomic mass is 32.2. The molecule has 1 N–H and O–H groups in total. The zero-order chi connectivity index (χ0) is 18.2. The average Bonchev–Trinajstić information content (AvgIpc) is 2.61. The summed E-state index contributed by atoms with van der Waals surface area (Å²) in [6, 6.07) is 14.5. The minimum absolute atomic E-state index is 0.0784. The van der Waals surface area contributed by atoms with Crippen molar-refractivity contribution in [3.63, 3.8) is 0 Å². The molecule has 0 saturated carbocycles. The van der Waals surface area contributed by atoms with E-state index in [1.165, 1.54) is 22.3 Å². The first-order valence-electron chi connectivity index (χ1n) is 8.60. The van der Waals surface area contributed by atoms with Crippen LogP contribution in [-0.4, -0.2) is 18.8 Å². The van der Waals surface area contributed by atoms with Gasteiger partial charge in [-0.2, -0.15) is 0 Å². The Morgan fingerprint density at radius 1 is 1.16 bits per heavy atom. The van der Waals surface area contributed by atoms with Crippen molar-refractivity contribution >= 4 is 17.7 Å². The predicted octanol–water partition coefficient (Wildman–Crippen LogP) is 4.81. The van der Waals surface area contributed by atoms with Crippen molar-refractivity contribution < 1.29 is 9.53 Å². The van der Waals surface area contributed by atoms with E-state index in [9.17, 15) is 4.79 Å². The highest BCUT2D eigenvalue weighted by Crippen LogP contribution is 2.22. The normalized spacial score (nSPS) is 11.8. The molecule has 0 aliphatic carbocycles. The fraction of sp³-hybridized carbons (Fsp3) is 0.381. The number of hydrogen-bond acceptors (Lipinski definition) is 3. The Balaban J connectivity index is 1.85. The van der Waals surface area contributed by atoms with Gasteiger partial charge in [-0.1, -0.05) is 42.8 Å². The van der Waals surface area contributed by atoms with Crippen LogP contribution in [-0.2, 0) is 10.5 Å². The fourth-order valence-electron chi connectivity index (χ4n) is 2.84. The third-order valence-electron chi connectivity index (χ3n) is 4.21. The SMILES string of the molecule is CC[C@H](NC(=O)CSCc1ccc(OC)cc1)c1ccc(C)cc1C. The van der Waals surface area contributed by atoms with Crippen LogP contribution in [0.2, 0.25) is 0 Å². The van der Waals surface area contributed by atoms with Crippen molar-refractivity contribution in [1.82, 2.24) is 5.32 Å². The molecule has 2 aromatic rings. The van der Waals surface area contributed by atoms with Gasteiger partial charge < -0.3 is 10.1 Å². The summed E-state index contributed by atoms with van der Waals surface area (Å²) >= 11 is 1.63. The van der Waals surface area contributed by atoms with Gasteiger partial charge in [-0.15, -0.1) is 11.8 Å². The molecule has 1 amide bonds. The molecule has 0 spiro atoms. The zero-order valence-electron chi connectivity index (χ0n) is 15.5. The van der Waals surface area contributed by atoms with Gasteiger partial charge in [-0.25, -0.2) is 0 Å². The summed E-state index contributed by atoms with van der Waals surface area (Å²) in [5.41, 5.74) is 4.89. The Kier molecular flexibility index (Phi) is 7.38. The molecule has 2 rings (SSSR count). The summed E-state index contributed by atoms with van der Waals surface area (Å²) < 4.78 is 5.16. The second-order valence-electron chi connectivity index (χ2n) is 6.23. The first-order valence-corrected chi connectivity index (χ1v) is 9.76. The third-order valence-corrected chi connectivity index (χ3v) is 5.21. The van der Waals surface area contributed by atoms with E-state index in [0.29, 0.717) is 5.75 Å². The van der Waals surface area contributed by atoms with E-state index in [2.05, 4.69) is 44.3 Å². The first-order chi connectivity index (χ1) is 12.0. The van der Waals surface area contributed by atoms with Crippen molar-refractivity contribution in [1.29, 1.82) is 0 Å². The molecular weight excluding hydrogens is 330 g/mol. The van der Waals surface area contributed by atoms with Crippen LogP contribution in [0.4, 0.5) is 0 Å². The molecule has 2 aromatic carbocycles. The van der Waals surface area contributed by atoms with Crippen LogP contribution in [0.1, 0.15) is 41.6 Å². The summed E-state index contributed by atoms with van der Waals surface area (Å²) in [7, 11) is 1.66. The molecule has 1 atom stereocenters. The van der Waals surface area contributed by atoms with Gasteiger partial charge in [0.2, 0.25) is 5.91 Å². The number of carbonyl (C=O) groups excluding carboxylic acids is 1. The van der Waals surface area contributed by atoms with Gasteiger partial charge in [0.05, 0.1) is 18.9 Å². The summed E-state index contributed by atoms with van der Waals surface area (Å²) in [5, 5.41) is 3.17. The van der Waals surface area contributed by atoms with E-state index in [0.717, 1.165) is 17.9 Å². The lowest BCUT2D eigenvalue weighted by Gasteiger charge is -2.20. The van der Waals surface area contributed by atoms with Gasteiger partial charge >= 0.3 is 0 Å². The van der Waals surface area contributed by atoms with E-state index in [-0.39, 0.29) is 11.9 Å². The minimum Gasteiger partial charge on any atom is -0.497 e. The number of thioether (sulfide) groups is 1. The largest absolute Gasteiger partial charge is 0.497 e. The van der Waals surface area contributed by atoms with Gasteiger partial charge in [0.1, 0.15) is 5.75 Å². The van der Waals surface area contributed by atoms with Crippen LogP contribution in [0.3, 0.4) is 0 Å². The van der Waals surface area contributed by atoms with Crippen LogP contribution >= 0.6 is 11.8 Å². The second kappa shape index (κ2) is 9.52. The molecular formula is C21H27NO2S. The molecule has 4 heteroatoms. The van der Waals surface area contributed by atoms with Crippen molar-refractivity contribution in [3.8, 4) is 5.75 Å². The molecule has 0 radical (unpaired) electrons. The summed E-state index contributed by atoms with van der Waals surface area (Å²) in [5.74, 6) is 2.22. The van der Waals surface area contributed by atoms with E-state index in [1.54, 1.807) is 18.9 Å². The van der Waals surface area contributed by atoms with Crippen LogP contribution in [0.25, 0.3) is 0 Å². The van der Waals surface area contributed by atoms with E-state index in [4.69, 9.17) is 4.74 Å². The van der Waals surface area contributed by atoms with Crippen LogP contribution in [0.5, 0.6) is 5.75 Å². The topological polar surface area (TPSA) is 38.3 Å². The number of benzene rings is 2. The smallest absolute Gasteiger partial charge is 0.230 e. The number of aryl methyl sites for hydroxylation is 2.